The summed E-state index contributed by atoms with van der Waals surface area (Å²) in [5.41, 5.74) is 2.02. The third-order valence-corrected chi connectivity index (χ3v) is 4.47. The molecule has 1 saturated heterocycles. The number of benzene rings is 1. The molecule has 0 saturated carbocycles. The van der Waals surface area contributed by atoms with Gasteiger partial charge in [-0.3, -0.25) is 0 Å². The van der Waals surface area contributed by atoms with Gasteiger partial charge in [-0.25, -0.2) is 4.79 Å². The first-order valence-electron chi connectivity index (χ1n) is 7.00. The van der Waals surface area contributed by atoms with E-state index in [2.05, 4.69) is 52.8 Å². The normalized spacial score (nSPS) is 22.4. The van der Waals surface area contributed by atoms with Crippen LogP contribution in [0.3, 0.4) is 0 Å². The molecule has 0 spiro atoms. The van der Waals surface area contributed by atoms with E-state index in [1.54, 1.807) is 6.08 Å². The van der Waals surface area contributed by atoms with E-state index in [-0.39, 0.29) is 0 Å². The SMILES string of the molecule is CC1CN(c2cc(Br)ccc2/C=C/C(=O)O)CC1N(C)C. The molecule has 4 nitrogen and oxygen atoms in total. The van der Waals surface area contributed by atoms with E-state index in [9.17, 15) is 4.79 Å². The van der Waals surface area contributed by atoms with Crippen LogP contribution in [0.25, 0.3) is 6.08 Å². The highest BCUT2D eigenvalue weighted by Crippen LogP contribution is 2.31. The summed E-state index contributed by atoms with van der Waals surface area (Å²) < 4.78 is 1.01. The fraction of sp³-hybridized carbons (Fsp3) is 0.438. The lowest BCUT2D eigenvalue weighted by Gasteiger charge is -2.24. The van der Waals surface area contributed by atoms with Gasteiger partial charge in [-0.1, -0.05) is 28.9 Å². The second-order valence-corrected chi connectivity index (χ2v) is 6.70. The highest BCUT2D eigenvalue weighted by atomic mass is 79.9. The minimum atomic E-state index is -0.926. The lowest BCUT2D eigenvalue weighted by Crippen LogP contribution is -2.34. The molecule has 21 heavy (non-hydrogen) atoms. The van der Waals surface area contributed by atoms with Crippen molar-refractivity contribution in [2.75, 3.05) is 32.1 Å². The number of hydrogen-bond donors (Lipinski definition) is 1. The molecule has 0 radical (unpaired) electrons. The van der Waals surface area contributed by atoms with Gasteiger partial charge in [-0.2, -0.15) is 0 Å². The molecule has 5 heteroatoms. The molecule has 1 aromatic carbocycles. The van der Waals surface area contributed by atoms with Crippen molar-refractivity contribution in [1.82, 2.24) is 4.90 Å². The summed E-state index contributed by atoms with van der Waals surface area (Å²) in [4.78, 5) is 15.3. The molecule has 2 unspecified atom stereocenters. The number of likely N-dealkylation sites (N-methyl/N-ethyl adjacent to an activating group) is 1. The maximum atomic E-state index is 10.7. The molecular weight excluding hydrogens is 332 g/mol. The molecule has 1 aliphatic heterocycles. The molecule has 0 aliphatic carbocycles. The van der Waals surface area contributed by atoms with Gasteiger partial charge in [0.05, 0.1) is 0 Å². The van der Waals surface area contributed by atoms with Crippen LogP contribution in [0.5, 0.6) is 0 Å². The van der Waals surface area contributed by atoms with Crippen molar-refractivity contribution in [3.05, 3.63) is 34.3 Å². The van der Waals surface area contributed by atoms with E-state index in [1.807, 2.05) is 12.1 Å². The maximum absolute atomic E-state index is 10.7. The zero-order chi connectivity index (χ0) is 15.6. The summed E-state index contributed by atoms with van der Waals surface area (Å²) in [6, 6.07) is 6.47. The van der Waals surface area contributed by atoms with Crippen LogP contribution in [0.2, 0.25) is 0 Å². The lowest BCUT2D eigenvalue weighted by atomic mass is 10.1. The quantitative estimate of drug-likeness (QED) is 0.846. The zero-order valence-electron chi connectivity index (χ0n) is 12.6. The van der Waals surface area contributed by atoms with Crippen LogP contribution in [-0.4, -0.2) is 49.2 Å². The van der Waals surface area contributed by atoms with Crippen LogP contribution in [0.15, 0.2) is 28.7 Å². The van der Waals surface area contributed by atoms with Crippen molar-refractivity contribution < 1.29 is 9.90 Å². The van der Waals surface area contributed by atoms with Gasteiger partial charge >= 0.3 is 5.97 Å². The first kappa shape index (κ1) is 16.0. The van der Waals surface area contributed by atoms with E-state index in [0.29, 0.717) is 12.0 Å². The predicted octanol–water partition coefficient (Wildman–Crippen LogP) is 2.93. The molecule has 0 aromatic heterocycles. The number of aliphatic carboxylic acids is 1. The zero-order valence-corrected chi connectivity index (χ0v) is 14.2. The topological polar surface area (TPSA) is 43.8 Å². The average molecular weight is 353 g/mol. The molecule has 1 N–H and O–H groups in total. The van der Waals surface area contributed by atoms with Gasteiger partial charge in [0.15, 0.2) is 0 Å². The molecule has 1 fully saturated rings. The minimum Gasteiger partial charge on any atom is -0.478 e. The number of carboxylic acids is 1. The van der Waals surface area contributed by atoms with Gasteiger partial charge in [0.1, 0.15) is 0 Å². The molecule has 0 amide bonds. The summed E-state index contributed by atoms with van der Waals surface area (Å²) in [7, 11) is 4.22. The number of rotatable bonds is 4. The molecule has 0 bridgehead atoms. The summed E-state index contributed by atoms with van der Waals surface area (Å²) >= 11 is 3.51. The Labute approximate surface area is 134 Å². The number of halogens is 1. The Morgan fingerprint density at radius 2 is 2.14 bits per heavy atom. The van der Waals surface area contributed by atoms with Crippen LogP contribution in [-0.2, 0) is 4.79 Å². The average Bonchev–Trinajstić information content (AvgIpc) is 2.79. The van der Waals surface area contributed by atoms with E-state index >= 15 is 0 Å². The predicted molar refractivity (Wildman–Crippen MR) is 89.7 cm³/mol. The fourth-order valence-corrected chi connectivity index (χ4v) is 3.26. The first-order valence-corrected chi connectivity index (χ1v) is 7.79. The second-order valence-electron chi connectivity index (χ2n) is 5.79. The van der Waals surface area contributed by atoms with Crippen LogP contribution >= 0.6 is 15.9 Å². The van der Waals surface area contributed by atoms with Crippen molar-refractivity contribution in [2.24, 2.45) is 5.92 Å². The van der Waals surface area contributed by atoms with Gasteiger partial charge in [0, 0.05) is 35.4 Å². The van der Waals surface area contributed by atoms with E-state index in [4.69, 9.17) is 5.11 Å². The Balaban J connectivity index is 2.31. The number of nitrogens with zero attached hydrogens (tertiary/aromatic N) is 2. The van der Waals surface area contributed by atoms with Gasteiger partial charge in [0.2, 0.25) is 0 Å². The van der Waals surface area contributed by atoms with Crippen LogP contribution in [0.1, 0.15) is 12.5 Å². The third-order valence-electron chi connectivity index (χ3n) is 3.97. The molecule has 114 valence electrons. The Bertz CT molecular complexity index is 557. The number of hydrogen-bond acceptors (Lipinski definition) is 3. The van der Waals surface area contributed by atoms with E-state index in [1.165, 1.54) is 6.08 Å². The lowest BCUT2D eigenvalue weighted by molar-refractivity contribution is -0.131. The molecular formula is C16H21BrN2O2. The van der Waals surface area contributed by atoms with Crippen LogP contribution < -0.4 is 4.90 Å². The van der Waals surface area contributed by atoms with Gasteiger partial charge in [-0.05, 0) is 43.8 Å². The van der Waals surface area contributed by atoms with Gasteiger partial charge in [0.25, 0.3) is 0 Å². The monoisotopic (exact) mass is 352 g/mol. The number of carboxylic acid groups (broad SMARTS) is 1. The maximum Gasteiger partial charge on any atom is 0.328 e. The molecule has 1 aromatic rings. The molecule has 1 aliphatic rings. The van der Waals surface area contributed by atoms with Crippen molar-refractivity contribution >= 4 is 33.7 Å². The van der Waals surface area contributed by atoms with Crippen LogP contribution in [0, 0.1) is 5.92 Å². The summed E-state index contributed by atoms with van der Waals surface area (Å²) in [6.07, 6.45) is 2.85. The van der Waals surface area contributed by atoms with Crippen molar-refractivity contribution in [3.8, 4) is 0 Å². The smallest absolute Gasteiger partial charge is 0.328 e. The van der Waals surface area contributed by atoms with E-state index < -0.39 is 5.97 Å². The van der Waals surface area contributed by atoms with E-state index in [0.717, 1.165) is 28.8 Å². The Kier molecular flexibility index (Phi) is 5.06. The van der Waals surface area contributed by atoms with Crippen molar-refractivity contribution in [3.63, 3.8) is 0 Å². The standard InChI is InChI=1S/C16H21BrN2O2/c1-11-9-19(10-15(11)18(2)3)14-8-13(17)6-4-12(14)5-7-16(20)21/h4-8,11,15H,9-10H2,1-3H3,(H,20,21)/b7-5+. The Hall–Kier alpha value is -1.33. The third kappa shape index (κ3) is 3.86. The second kappa shape index (κ2) is 6.62. The van der Waals surface area contributed by atoms with Crippen LogP contribution in [0.4, 0.5) is 5.69 Å². The minimum absolute atomic E-state index is 0.514. The Morgan fingerprint density at radius 3 is 2.71 bits per heavy atom. The highest BCUT2D eigenvalue weighted by molar-refractivity contribution is 9.10. The molecule has 1 heterocycles. The largest absolute Gasteiger partial charge is 0.478 e. The van der Waals surface area contributed by atoms with Crippen molar-refractivity contribution in [1.29, 1.82) is 0 Å². The van der Waals surface area contributed by atoms with Gasteiger partial charge in [-0.15, -0.1) is 0 Å². The summed E-state index contributed by atoms with van der Waals surface area (Å²) in [6.45, 7) is 4.20. The van der Waals surface area contributed by atoms with Crippen molar-refractivity contribution in [2.45, 2.75) is 13.0 Å². The number of anilines is 1. The fourth-order valence-electron chi connectivity index (χ4n) is 2.91. The molecule has 2 atom stereocenters. The summed E-state index contributed by atoms with van der Waals surface area (Å²) in [5.74, 6) is -0.347. The molecule has 2 rings (SSSR count). The summed E-state index contributed by atoms with van der Waals surface area (Å²) in [5, 5.41) is 8.83. The first-order chi connectivity index (χ1) is 9.88. The van der Waals surface area contributed by atoms with Gasteiger partial charge < -0.3 is 14.9 Å². The number of carbonyl (C=O) groups is 1. The highest BCUT2D eigenvalue weighted by Gasteiger charge is 2.31. The Morgan fingerprint density at radius 1 is 1.43 bits per heavy atom.